The molecule has 0 heterocycles. The van der Waals surface area contributed by atoms with Crippen LogP contribution < -0.4 is 0 Å². The van der Waals surface area contributed by atoms with Crippen LogP contribution in [-0.2, 0) is 0.0399 Å². The van der Waals surface area contributed by atoms with Crippen LogP contribution in [0.15, 0.2) is 0 Å². The predicted octanol–water partition coefficient (Wildman–Crippen LogP) is -1.23. The van der Waals surface area contributed by atoms with E-state index in [1.165, 1.54) is 0 Å². The van der Waals surface area contributed by atoms with Gasteiger partial charge in [-0.1, -0.05) is 0 Å². The van der Waals surface area contributed by atoms with Crippen LogP contribution in [0.1, 0.15) is 0 Å². The fourth-order valence-electron chi connectivity index (χ4n) is 0. The van der Waals surface area contributed by atoms with E-state index in [0.29, 0.717) is 0 Å². The summed E-state index contributed by atoms with van der Waals surface area (Å²) in [5, 5.41) is 0. The third-order valence-corrected chi connectivity index (χ3v) is 0. The van der Waals surface area contributed by atoms with Gasteiger partial charge in [0.2, 0.25) is 0 Å². The number of hydrogen-bond donors (Lipinski definition) is 2. The summed E-state index contributed by atoms with van der Waals surface area (Å²) in [5.74, 6) is 0. The number of rotatable bonds is 0. The van der Waals surface area contributed by atoms with Gasteiger partial charge in [-0.15, -0.1) is 0 Å². The zero-order valence-corrected chi connectivity index (χ0v) is 3.67. The monoisotopic (exact) mass is 182 g/mol. The minimum atomic E-state index is -3.42. The van der Waals surface area contributed by atoms with E-state index in [4.69, 9.17) is 0.893 Å². The second-order valence-corrected chi connectivity index (χ2v) is 1.34. The van der Waals surface area contributed by atoms with Crippen LogP contribution in [0.5, 0.6) is 0 Å². The van der Waals surface area contributed by atoms with Gasteiger partial charge >= 0.3 is 44.2 Å². The molecule has 0 rings (SSSR count). The second-order valence-electron chi connectivity index (χ2n) is 0.200. The van der Waals surface area contributed by atoms with Crippen LogP contribution in [0.4, 0.5) is 0 Å². The fourth-order valence-corrected chi connectivity index (χ4v) is 0. The summed E-state index contributed by atoms with van der Waals surface area (Å²) in [6, 6.07) is 0. The molecule has 0 aliphatic rings. The summed E-state index contributed by atoms with van der Waals surface area (Å²) < 4.78 is 23.2. The second kappa shape index (κ2) is 2.52. The van der Waals surface area contributed by atoms with E-state index in [9.17, 15) is 0 Å². The zero-order chi connectivity index (χ0) is 3.58. The molecule has 0 aliphatic carbocycles. The molecule has 0 saturated heterocycles. The van der Waals surface area contributed by atoms with Crippen molar-refractivity contribution >= 4 is 0 Å². The molecule has 0 saturated carbocycles. The molecule has 0 radical (unpaired) electrons. The molecular formula is H2O3Xe. The van der Waals surface area contributed by atoms with E-state index in [-0.39, 0.29) is 0 Å². The van der Waals surface area contributed by atoms with Crippen molar-refractivity contribution < 1.29 is 44.2 Å². The molecule has 0 aliphatic heterocycles. The van der Waals surface area contributed by atoms with Crippen molar-refractivity contribution in [2.24, 2.45) is 0 Å². The van der Waals surface area contributed by atoms with Crippen LogP contribution in [0, 0.1) is 43.3 Å². The van der Waals surface area contributed by atoms with E-state index in [1.54, 1.807) is 0 Å². The van der Waals surface area contributed by atoms with Crippen molar-refractivity contribution in [2.45, 2.75) is 0 Å². The van der Waals surface area contributed by atoms with Gasteiger partial charge in [0, 0.05) is 0 Å². The van der Waals surface area contributed by atoms with E-state index < -0.39 is 43.3 Å². The molecule has 28 valence electrons. The maximum absolute atomic E-state index is 8.78. The van der Waals surface area contributed by atoms with E-state index >= 15 is 0 Å². The van der Waals surface area contributed by atoms with Crippen LogP contribution >= 0.6 is 0 Å². The summed E-state index contributed by atoms with van der Waals surface area (Å²) in [6.07, 6.45) is 0. The van der Waals surface area contributed by atoms with Gasteiger partial charge in [-0.3, -0.25) is 0 Å². The van der Waals surface area contributed by atoms with Crippen molar-refractivity contribution in [3.8, 4) is 0 Å². The molecule has 0 amide bonds. The van der Waals surface area contributed by atoms with Crippen LogP contribution in [0.2, 0.25) is 0 Å². The Morgan fingerprint density at radius 1 is 1.50 bits per heavy atom. The standard InChI is InChI=1S/H2O3Xe/c1-4(2)3/h1-2H. The van der Waals surface area contributed by atoms with E-state index in [0.717, 1.165) is 0 Å². The molecule has 3 nitrogen and oxygen atoms in total. The molecule has 0 spiro atoms. The molecular weight excluding hydrogens is 179 g/mol. The average molecular weight is 181 g/mol. The summed E-state index contributed by atoms with van der Waals surface area (Å²) in [5.41, 5.74) is 0. The molecule has 0 aromatic carbocycles. The Morgan fingerprint density at radius 2 is 1.50 bits per heavy atom. The molecule has 0 aromatic heterocycles. The first-order valence-electron chi connectivity index (χ1n) is 0.461. The Kier molecular flexibility index (Phi) is 3.34. The average Bonchev–Trinajstić information content (AvgIpc) is 0.811. The molecule has 0 atom stereocenters. The Hall–Kier alpha value is 1.29. The van der Waals surface area contributed by atoms with Crippen molar-refractivity contribution in [3.63, 3.8) is 0 Å². The molecule has 4 heteroatoms. The molecule has 4 heavy (non-hydrogen) atoms. The van der Waals surface area contributed by atoms with Crippen LogP contribution in [-0.4, -0.2) is 0.853 Å². The Morgan fingerprint density at radius 3 is 1.50 bits per heavy atom. The molecule has 0 aromatic rings. The Balaban J connectivity index is 2.80. The predicted molar refractivity (Wildman–Crippen MR) is 5.12 cm³/mol. The van der Waals surface area contributed by atoms with E-state index in [2.05, 4.69) is 0 Å². The van der Waals surface area contributed by atoms with Crippen molar-refractivity contribution in [1.82, 2.24) is 0 Å². The quantitative estimate of drug-likeness (QED) is 0.492. The zero-order valence-electron chi connectivity index (χ0n) is 1.66. The summed E-state index contributed by atoms with van der Waals surface area (Å²) in [6.45, 7) is 0. The minimum absolute atomic E-state index is 3.42. The SMILES string of the molecule is O=[Xe](O)O. The maximum atomic E-state index is 8.78. The topological polar surface area (TPSA) is 57.5 Å². The third kappa shape index (κ3) is 10.4. The molecule has 0 unspecified atom stereocenters. The van der Waals surface area contributed by atoms with Gasteiger partial charge in [0.15, 0.2) is 0 Å². The first-order chi connectivity index (χ1) is 1.73. The van der Waals surface area contributed by atoms with Crippen molar-refractivity contribution in [2.75, 3.05) is 0 Å². The van der Waals surface area contributed by atoms with Gasteiger partial charge in [-0.05, 0) is 0 Å². The first-order valence-corrected chi connectivity index (χ1v) is 3.09. The Bertz CT molecular complexity index is 26.3. The summed E-state index contributed by atoms with van der Waals surface area (Å²) in [7, 11) is 0. The molecule has 0 bridgehead atoms. The normalized spacial score (nSPS) is 11.0. The fraction of sp³-hybridized carbons (Fsp3) is 0. The first kappa shape index (κ1) is 5.29. The van der Waals surface area contributed by atoms with Gasteiger partial charge in [-0.2, -0.15) is 0 Å². The molecule has 2 N–H and O–H groups in total. The molecule has 0 fully saturated rings. The van der Waals surface area contributed by atoms with Gasteiger partial charge in [-0.25, -0.2) is 0 Å². The van der Waals surface area contributed by atoms with E-state index in [1.807, 2.05) is 0 Å². The van der Waals surface area contributed by atoms with Crippen molar-refractivity contribution in [1.29, 1.82) is 0 Å². The van der Waals surface area contributed by atoms with Crippen LogP contribution in [0.3, 0.4) is 0 Å². The summed E-state index contributed by atoms with van der Waals surface area (Å²) >= 11 is -3.42. The van der Waals surface area contributed by atoms with Gasteiger partial charge in [0.25, 0.3) is 0 Å². The van der Waals surface area contributed by atoms with Gasteiger partial charge < -0.3 is 0 Å². The van der Waals surface area contributed by atoms with Gasteiger partial charge in [0.05, 0.1) is 0 Å². The van der Waals surface area contributed by atoms with Crippen molar-refractivity contribution in [3.05, 3.63) is 0 Å². The van der Waals surface area contributed by atoms with Crippen LogP contribution in [0.25, 0.3) is 0 Å². The van der Waals surface area contributed by atoms with Gasteiger partial charge in [0.1, 0.15) is 0 Å². The number of hydrogen-bond acceptors (Lipinski definition) is 1. The summed E-state index contributed by atoms with van der Waals surface area (Å²) in [4.78, 5) is 0. The Labute approximate surface area is 43.3 Å². The third-order valence-electron chi connectivity index (χ3n) is 0.